The van der Waals surface area contributed by atoms with Crippen molar-refractivity contribution in [1.82, 2.24) is 15.1 Å². The number of anilines is 1. The first-order valence-corrected chi connectivity index (χ1v) is 6.84. The van der Waals surface area contributed by atoms with Gasteiger partial charge in [0.25, 0.3) is 0 Å². The first-order valence-electron chi connectivity index (χ1n) is 6.84. The van der Waals surface area contributed by atoms with Crippen molar-refractivity contribution in [2.75, 3.05) is 5.32 Å². The zero-order valence-corrected chi connectivity index (χ0v) is 12.6. The van der Waals surface area contributed by atoms with Crippen LogP contribution in [0.3, 0.4) is 0 Å². The van der Waals surface area contributed by atoms with Gasteiger partial charge in [-0.2, -0.15) is 5.10 Å². The number of aromatic nitrogens is 2. The van der Waals surface area contributed by atoms with Gasteiger partial charge in [0.1, 0.15) is 0 Å². The zero-order valence-electron chi connectivity index (χ0n) is 12.6. The molecule has 1 unspecified atom stereocenters. The van der Waals surface area contributed by atoms with Gasteiger partial charge in [-0.25, -0.2) is 4.79 Å². The fraction of sp³-hybridized carbons (Fsp3) is 0.333. The van der Waals surface area contributed by atoms with Gasteiger partial charge in [-0.1, -0.05) is 12.1 Å². The Labute approximate surface area is 124 Å². The van der Waals surface area contributed by atoms with Crippen molar-refractivity contribution in [3.8, 4) is 0 Å². The van der Waals surface area contributed by atoms with Crippen LogP contribution in [0.5, 0.6) is 0 Å². The lowest BCUT2D eigenvalue weighted by Crippen LogP contribution is -2.20. The highest BCUT2D eigenvalue weighted by Crippen LogP contribution is 2.17. The van der Waals surface area contributed by atoms with Crippen molar-refractivity contribution < 1.29 is 4.79 Å². The van der Waals surface area contributed by atoms with Gasteiger partial charge in [-0.3, -0.25) is 4.68 Å². The molecule has 0 fully saturated rings. The molecule has 21 heavy (non-hydrogen) atoms. The first-order chi connectivity index (χ1) is 9.95. The van der Waals surface area contributed by atoms with Crippen LogP contribution in [0.1, 0.15) is 29.8 Å². The molecule has 1 aromatic heterocycles. The molecular formula is C15H21N5O. The smallest absolute Gasteiger partial charge is 0.316 e. The van der Waals surface area contributed by atoms with Gasteiger partial charge in [-0.15, -0.1) is 0 Å². The normalized spacial score (nSPS) is 12.1. The number of primary amides is 1. The number of amides is 2. The van der Waals surface area contributed by atoms with Gasteiger partial charge in [0.2, 0.25) is 0 Å². The Balaban J connectivity index is 1.95. The Bertz CT molecular complexity index is 617. The van der Waals surface area contributed by atoms with Crippen LogP contribution < -0.4 is 16.4 Å². The van der Waals surface area contributed by atoms with Crippen LogP contribution in [0.25, 0.3) is 0 Å². The molecule has 0 spiro atoms. The maximum atomic E-state index is 10.8. The van der Waals surface area contributed by atoms with Gasteiger partial charge in [0.05, 0.1) is 5.69 Å². The molecule has 2 rings (SSSR count). The predicted molar refractivity (Wildman–Crippen MR) is 82.8 cm³/mol. The van der Waals surface area contributed by atoms with Crippen molar-refractivity contribution in [3.63, 3.8) is 0 Å². The van der Waals surface area contributed by atoms with Gasteiger partial charge in [0, 0.05) is 37.1 Å². The van der Waals surface area contributed by atoms with Crippen LogP contribution in [-0.4, -0.2) is 15.8 Å². The van der Waals surface area contributed by atoms with Gasteiger partial charge in [-0.05, 0) is 31.5 Å². The van der Waals surface area contributed by atoms with E-state index in [9.17, 15) is 4.79 Å². The Kier molecular flexibility index (Phi) is 4.59. The quantitative estimate of drug-likeness (QED) is 0.787. The van der Waals surface area contributed by atoms with E-state index in [1.54, 1.807) is 0 Å². The van der Waals surface area contributed by atoms with Gasteiger partial charge in [0.15, 0.2) is 0 Å². The number of carbonyl (C=O) groups excluding carboxylic acids is 1. The summed E-state index contributed by atoms with van der Waals surface area (Å²) < 4.78 is 1.82. The molecule has 0 aliphatic rings. The van der Waals surface area contributed by atoms with Crippen LogP contribution in [0.15, 0.2) is 30.5 Å². The van der Waals surface area contributed by atoms with Crippen LogP contribution in [0.2, 0.25) is 0 Å². The van der Waals surface area contributed by atoms with E-state index in [1.165, 1.54) is 5.56 Å². The summed E-state index contributed by atoms with van der Waals surface area (Å²) in [7, 11) is 1.92. The highest BCUT2D eigenvalue weighted by molar-refractivity contribution is 5.87. The number of benzene rings is 1. The van der Waals surface area contributed by atoms with Crippen molar-refractivity contribution in [2.45, 2.75) is 26.4 Å². The average Bonchev–Trinajstić information content (AvgIpc) is 2.74. The number of rotatable bonds is 5. The summed E-state index contributed by atoms with van der Waals surface area (Å²) in [5.41, 5.74) is 9.15. The molecule has 4 N–H and O–H groups in total. The minimum atomic E-state index is -0.555. The summed E-state index contributed by atoms with van der Waals surface area (Å²) in [6.07, 6.45) is 2.02. The lowest BCUT2D eigenvalue weighted by Gasteiger charge is -2.14. The molecule has 2 amide bonds. The summed E-state index contributed by atoms with van der Waals surface area (Å²) >= 11 is 0. The van der Waals surface area contributed by atoms with Crippen molar-refractivity contribution in [1.29, 1.82) is 0 Å². The molecule has 0 aliphatic carbocycles. The largest absolute Gasteiger partial charge is 0.351 e. The summed E-state index contributed by atoms with van der Waals surface area (Å²) in [6, 6.07) is 7.27. The highest BCUT2D eigenvalue weighted by Gasteiger charge is 2.08. The number of aryl methyl sites for hydroxylation is 2. The van der Waals surface area contributed by atoms with Crippen molar-refractivity contribution in [3.05, 3.63) is 47.3 Å². The maximum absolute atomic E-state index is 10.8. The lowest BCUT2D eigenvalue weighted by molar-refractivity contribution is 0.259. The SMILES string of the molecule is Cc1nn(C)cc1CNC(C)c1ccc(NC(N)=O)cc1. The van der Waals surface area contributed by atoms with Crippen LogP contribution in [0.4, 0.5) is 10.5 Å². The van der Waals surface area contributed by atoms with E-state index < -0.39 is 6.03 Å². The van der Waals surface area contributed by atoms with Crippen molar-refractivity contribution in [2.24, 2.45) is 12.8 Å². The standard InChI is InChI=1S/C15H21N5O/c1-10(17-8-13-9-20(3)19-11(13)2)12-4-6-14(7-5-12)18-15(16)21/h4-7,9-10,17H,8H2,1-3H3,(H3,16,18,21). The molecule has 0 radical (unpaired) electrons. The fourth-order valence-electron chi connectivity index (χ4n) is 2.20. The van der Waals surface area contributed by atoms with E-state index in [2.05, 4.69) is 22.7 Å². The Hall–Kier alpha value is -2.34. The summed E-state index contributed by atoms with van der Waals surface area (Å²) in [5.74, 6) is 0. The third kappa shape index (κ3) is 4.06. The third-order valence-electron chi connectivity index (χ3n) is 3.39. The number of nitrogens with two attached hydrogens (primary N) is 1. The van der Waals surface area contributed by atoms with Crippen LogP contribution in [0, 0.1) is 6.92 Å². The number of nitrogens with one attached hydrogen (secondary N) is 2. The lowest BCUT2D eigenvalue weighted by atomic mass is 10.1. The third-order valence-corrected chi connectivity index (χ3v) is 3.39. The Morgan fingerprint density at radius 1 is 1.38 bits per heavy atom. The minimum absolute atomic E-state index is 0.201. The molecule has 0 aliphatic heterocycles. The molecule has 1 atom stereocenters. The maximum Gasteiger partial charge on any atom is 0.316 e. The summed E-state index contributed by atoms with van der Waals surface area (Å²) in [6.45, 7) is 4.87. The molecule has 6 heteroatoms. The average molecular weight is 287 g/mol. The minimum Gasteiger partial charge on any atom is -0.351 e. The van der Waals surface area contributed by atoms with Crippen molar-refractivity contribution >= 4 is 11.7 Å². The van der Waals surface area contributed by atoms with E-state index in [1.807, 2.05) is 49.1 Å². The topological polar surface area (TPSA) is 85.0 Å². The number of hydrogen-bond donors (Lipinski definition) is 3. The first kappa shape index (κ1) is 15.1. The molecule has 6 nitrogen and oxygen atoms in total. The highest BCUT2D eigenvalue weighted by atomic mass is 16.2. The van der Waals surface area contributed by atoms with Crippen LogP contribution >= 0.6 is 0 Å². The second-order valence-electron chi connectivity index (χ2n) is 5.13. The molecule has 112 valence electrons. The molecule has 2 aromatic rings. The fourth-order valence-corrected chi connectivity index (χ4v) is 2.20. The van der Waals surface area contributed by atoms with E-state index >= 15 is 0 Å². The number of urea groups is 1. The molecule has 0 bridgehead atoms. The molecule has 0 saturated heterocycles. The number of carbonyl (C=O) groups is 1. The Morgan fingerprint density at radius 2 is 2.05 bits per heavy atom. The van der Waals surface area contributed by atoms with Gasteiger partial charge < -0.3 is 16.4 Å². The zero-order chi connectivity index (χ0) is 15.4. The van der Waals surface area contributed by atoms with E-state index in [4.69, 9.17) is 5.73 Å². The summed E-state index contributed by atoms with van der Waals surface area (Å²) in [5, 5.41) is 10.3. The molecule has 0 saturated carbocycles. The molecule has 1 aromatic carbocycles. The van der Waals surface area contributed by atoms with E-state index in [0.717, 1.165) is 17.8 Å². The molecule has 1 heterocycles. The predicted octanol–water partition coefficient (Wildman–Crippen LogP) is 2.07. The van der Waals surface area contributed by atoms with E-state index in [0.29, 0.717) is 5.69 Å². The Morgan fingerprint density at radius 3 is 2.57 bits per heavy atom. The second kappa shape index (κ2) is 6.41. The van der Waals surface area contributed by atoms with Crippen LogP contribution in [-0.2, 0) is 13.6 Å². The monoisotopic (exact) mass is 287 g/mol. The van der Waals surface area contributed by atoms with E-state index in [-0.39, 0.29) is 6.04 Å². The number of nitrogens with zero attached hydrogens (tertiary/aromatic N) is 2. The second-order valence-corrected chi connectivity index (χ2v) is 5.13. The van der Waals surface area contributed by atoms with Gasteiger partial charge >= 0.3 is 6.03 Å². The number of hydrogen-bond acceptors (Lipinski definition) is 3. The molecular weight excluding hydrogens is 266 g/mol. The summed E-state index contributed by atoms with van der Waals surface area (Å²) in [4.78, 5) is 10.8.